The van der Waals surface area contributed by atoms with Crippen LogP contribution in [-0.4, -0.2) is 34.8 Å². The fraction of sp³-hybridized carbons (Fsp3) is 0.462. The second-order valence-corrected chi connectivity index (χ2v) is 6.79. The van der Waals surface area contributed by atoms with E-state index in [4.69, 9.17) is 22.1 Å². The van der Waals surface area contributed by atoms with Gasteiger partial charge in [0.1, 0.15) is 0 Å². The molecule has 0 amide bonds. The molecule has 1 aliphatic heterocycles. The predicted octanol–water partition coefficient (Wildman–Crippen LogP) is 2.03. The number of hydrogen-bond acceptors (Lipinski definition) is 5. The molecule has 110 valence electrons. The van der Waals surface area contributed by atoms with Crippen LogP contribution in [0.1, 0.15) is 23.2 Å². The molecule has 1 saturated heterocycles. The Morgan fingerprint density at radius 2 is 2.10 bits per heavy atom. The summed E-state index contributed by atoms with van der Waals surface area (Å²) >= 11 is 6.17. The molecule has 1 fully saturated rings. The third-order valence-electron chi connectivity index (χ3n) is 3.25. The number of rotatable bonds is 3. The lowest BCUT2D eigenvalue weighted by Gasteiger charge is -2.25. The molecule has 2 rings (SSSR count). The van der Waals surface area contributed by atoms with Gasteiger partial charge in [-0.05, 0) is 25.0 Å². The van der Waals surface area contributed by atoms with E-state index in [9.17, 15) is 9.00 Å². The number of hydrogen-bond donors (Lipinski definition) is 2. The summed E-state index contributed by atoms with van der Waals surface area (Å²) in [6.07, 6.45) is 1.57. The Labute approximate surface area is 125 Å². The fourth-order valence-electron chi connectivity index (χ4n) is 2.19. The zero-order valence-corrected chi connectivity index (χ0v) is 12.7. The van der Waals surface area contributed by atoms with Gasteiger partial charge in [0.25, 0.3) is 0 Å². The van der Waals surface area contributed by atoms with Crippen LogP contribution in [0.15, 0.2) is 12.1 Å². The number of nitrogens with one attached hydrogen (secondary N) is 1. The Morgan fingerprint density at radius 1 is 1.45 bits per heavy atom. The maximum atomic E-state index is 11.8. The van der Waals surface area contributed by atoms with Crippen LogP contribution in [-0.2, 0) is 15.5 Å². The van der Waals surface area contributed by atoms with Crippen molar-refractivity contribution in [3.8, 4) is 0 Å². The first-order valence-electron chi connectivity index (χ1n) is 6.30. The standard InChI is InChI=1S/C13H17ClN2O3S/c1-19-13(17)10-6-8(15)7-11(14)12(10)16-9-2-4-20(18)5-3-9/h6-7,9,16H,2-5,15H2,1H3. The first-order valence-corrected chi connectivity index (χ1v) is 8.16. The van der Waals surface area contributed by atoms with Crippen molar-refractivity contribution in [1.82, 2.24) is 0 Å². The average molecular weight is 317 g/mol. The first-order chi connectivity index (χ1) is 9.51. The smallest absolute Gasteiger partial charge is 0.340 e. The number of carbonyl (C=O) groups is 1. The normalized spacial score (nSPS) is 22.3. The minimum absolute atomic E-state index is 0.150. The lowest BCUT2D eigenvalue weighted by molar-refractivity contribution is 0.0602. The van der Waals surface area contributed by atoms with E-state index in [1.165, 1.54) is 7.11 Å². The van der Waals surface area contributed by atoms with Gasteiger partial charge < -0.3 is 15.8 Å². The van der Waals surface area contributed by atoms with E-state index in [0.717, 1.165) is 12.8 Å². The van der Waals surface area contributed by atoms with Gasteiger partial charge in [-0.1, -0.05) is 11.6 Å². The largest absolute Gasteiger partial charge is 0.465 e. The van der Waals surface area contributed by atoms with Gasteiger partial charge in [-0.3, -0.25) is 4.21 Å². The molecule has 0 spiro atoms. The third-order valence-corrected chi connectivity index (χ3v) is 4.93. The number of anilines is 2. The lowest BCUT2D eigenvalue weighted by atomic mass is 10.1. The van der Waals surface area contributed by atoms with E-state index >= 15 is 0 Å². The number of esters is 1. The van der Waals surface area contributed by atoms with E-state index in [0.29, 0.717) is 33.5 Å². The molecule has 0 aromatic heterocycles. The molecule has 0 atom stereocenters. The van der Waals surface area contributed by atoms with Crippen molar-refractivity contribution in [1.29, 1.82) is 0 Å². The SMILES string of the molecule is COC(=O)c1cc(N)cc(Cl)c1NC1CCS(=O)CC1. The number of methoxy groups -OCH3 is 1. The first kappa shape index (κ1) is 15.1. The molecule has 5 nitrogen and oxygen atoms in total. The van der Waals surface area contributed by atoms with E-state index < -0.39 is 16.8 Å². The van der Waals surface area contributed by atoms with Gasteiger partial charge in [0.2, 0.25) is 0 Å². The molecule has 0 aliphatic carbocycles. The van der Waals surface area contributed by atoms with Gasteiger partial charge in [-0.2, -0.15) is 0 Å². The zero-order valence-electron chi connectivity index (χ0n) is 11.1. The van der Waals surface area contributed by atoms with Gasteiger partial charge in [0.05, 0.1) is 23.4 Å². The number of halogens is 1. The molecule has 1 aromatic carbocycles. The van der Waals surface area contributed by atoms with Crippen LogP contribution in [0.5, 0.6) is 0 Å². The maximum Gasteiger partial charge on any atom is 0.340 e. The summed E-state index contributed by atoms with van der Waals surface area (Å²) in [6.45, 7) is 0. The van der Waals surface area contributed by atoms with Gasteiger partial charge >= 0.3 is 5.97 Å². The molecule has 0 unspecified atom stereocenters. The minimum Gasteiger partial charge on any atom is -0.465 e. The summed E-state index contributed by atoms with van der Waals surface area (Å²) in [5, 5.41) is 3.64. The lowest BCUT2D eigenvalue weighted by Crippen LogP contribution is -2.30. The Balaban J connectivity index is 2.25. The highest BCUT2D eigenvalue weighted by Crippen LogP contribution is 2.31. The summed E-state index contributed by atoms with van der Waals surface area (Å²) in [7, 11) is 0.584. The summed E-state index contributed by atoms with van der Waals surface area (Å²) in [6, 6.07) is 3.29. The van der Waals surface area contributed by atoms with Crippen molar-refractivity contribution in [2.45, 2.75) is 18.9 Å². The maximum absolute atomic E-state index is 11.8. The molecule has 1 heterocycles. The number of ether oxygens (including phenoxy) is 1. The molecule has 1 aromatic rings. The van der Waals surface area contributed by atoms with Crippen molar-refractivity contribution < 1.29 is 13.7 Å². The molecule has 0 radical (unpaired) electrons. The highest BCUT2D eigenvalue weighted by Gasteiger charge is 2.22. The highest BCUT2D eigenvalue weighted by atomic mass is 35.5. The Bertz CT molecular complexity index is 541. The van der Waals surface area contributed by atoms with Gasteiger partial charge in [0.15, 0.2) is 0 Å². The van der Waals surface area contributed by atoms with Crippen LogP contribution >= 0.6 is 11.6 Å². The van der Waals surface area contributed by atoms with E-state index in [1.807, 2.05) is 0 Å². The molecular weight excluding hydrogens is 300 g/mol. The van der Waals surface area contributed by atoms with Crippen LogP contribution in [0.2, 0.25) is 5.02 Å². The van der Waals surface area contributed by atoms with Crippen molar-refractivity contribution in [3.05, 3.63) is 22.7 Å². The summed E-state index contributed by atoms with van der Waals surface area (Å²) in [4.78, 5) is 11.8. The Hall–Kier alpha value is -1.27. The summed E-state index contributed by atoms with van der Waals surface area (Å²) in [5.41, 5.74) is 6.98. The van der Waals surface area contributed by atoms with Gasteiger partial charge in [-0.25, -0.2) is 4.79 Å². The van der Waals surface area contributed by atoms with Crippen molar-refractivity contribution in [2.24, 2.45) is 0 Å². The third kappa shape index (κ3) is 3.43. The van der Waals surface area contributed by atoms with Crippen LogP contribution in [0.3, 0.4) is 0 Å². The average Bonchev–Trinajstić information content (AvgIpc) is 2.42. The van der Waals surface area contributed by atoms with E-state index in [-0.39, 0.29) is 6.04 Å². The van der Waals surface area contributed by atoms with E-state index in [2.05, 4.69) is 5.32 Å². The Kier molecular flexibility index (Phi) is 4.88. The molecule has 0 bridgehead atoms. The summed E-state index contributed by atoms with van der Waals surface area (Å²) in [5.74, 6) is 0.844. The van der Waals surface area contributed by atoms with Crippen LogP contribution in [0, 0.1) is 0 Å². The van der Waals surface area contributed by atoms with Gasteiger partial charge in [0, 0.05) is 34.0 Å². The number of nitrogens with two attached hydrogens (primary N) is 1. The number of benzene rings is 1. The van der Waals surface area contributed by atoms with Crippen LogP contribution in [0.25, 0.3) is 0 Å². The minimum atomic E-state index is -0.728. The molecule has 7 heteroatoms. The quantitative estimate of drug-likeness (QED) is 0.658. The zero-order chi connectivity index (χ0) is 14.7. The number of carbonyl (C=O) groups excluding carboxylic acids is 1. The molecule has 20 heavy (non-hydrogen) atoms. The Morgan fingerprint density at radius 3 is 2.70 bits per heavy atom. The summed E-state index contributed by atoms with van der Waals surface area (Å²) < 4.78 is 16.1. The van der Waals surface area contributed by atoms with Crippen LogP contribution in [0.4, 0.5) is 11.4 Å². The highest BCUT2D eigenvalue weighted by molar-refractivity contribution is 7.85. The van der Waals surface area contributed by atoms with Crippen molar-refractivity contribution >= 4 is 39.7 Å². The van der Waals surface area contributed by atoms with Gasteiger partial charge in [-0.15, -0.1) is 0 Å². The number of nitrogen functional groups attached to an aromatic ring is 1. The molecular formula is C13H17ClN2O3S. The van der Waals surface area contributed by atoms with E-state index in [1.54, 1.807) is 12.1 Å². The molecule has 3 N–H and O–H groups in total. The van der Waals surface area contributed by atoms with Crippen LogP contribution < -0.4 is 11.1 Å². The molecule has 0 saturated carbocycles. The molecule has 1 aliphatic rings. The van der Waals surface area contributed by atoms with Crippen molar-refractivity contribution in [3.63, 3.8) is 0 Å². The topological polar surface area (TPSA) is 81.4 Å². The second-order valence-electron chi connectivity index (χ2n) is 4.68. The van der Waals surface area contributed by atoms with Crippen molar-refractivity contribution in [2.75, 3.05) is 29.7 Å². The predicted molar refractivity (Wildman–Crippen MR) is 81.7 cm³/mol. The monoisotopic (exact) mass is 316 g/mol. The fourth-order valence-corrected chi connectivity index (χ4v) is 3.77. The second kappa shape index (κ2) is 6.45.